The van der Waals surface area contributed by atoms with E-state index in [1.807, 2.05) is 36.4 Å². The first-order valence-corrected chi connectivity index (χ1v) is 15.2. The number of nitrogens with zero attached hydrogens (tertiary/aromatic N) is 1. The number of carbonyl (C=O) groups is 4. The molecule has 0 radical (unpaired) electrons. The molecule has 3 N–H and O–H groups in total. The minimum atomic E-state index is -1.78. The van der Waals surface area contributed by atoms with Gasteiger partial charge in [-0.15, -0.1) is 0 Å². The van der Waals surface area contributed by atoms with E-state index in [-0.39, 0.29) is 46.9 Å². The smallest absolute Gasteiger partial charge is 0.488 e. The van der Waals surface area contributed by atoms with Crippen molar-refractivity contribution in [3.63, 3.8) is 0 Å². The number of anilines is 1. The van der Waals surface area contributed by atoms with Gasteiger partial charge in [0.1, 0.15) is 18.1 Å². The Labute approximate surface area is 265 Å². The first-order chi connectivity index (χ1) is 22.1. The molecule has 0 aromatic heterocycles. The fourth-order valence-electron chi connectivity index (χ4n) is 7.41. The molecule has 3 aromatic carbocycles. The Morgan fingerprint density at radius 3 is 2.43 bits per heavy atom. The summed E-state index contributed by atoms with van der Waals surface area (Å²) in [6.07, 6.45) is 3.54. The lowest BCUT2D eigenvalue weighted by Crippen LogP contribution is -2.40. The van der Waals surface area contributed by atoms with E-state index in [9.17, 15) is 34.3 Å². The summed E-state index contributed by atoms with van der Waals surface area (Å²) >= 11 is 0. The topological polar surface area (TPSA) is 141 Å². The number of hydrogen-bond donors (Lipinski definition) is 3. The third-order valence-electron chi connectivity index (χ3n) is 9.55. The predicted octanol–water partition coefficient (Wildman–Crippen LogP) is 3.29. The summed E-state index contributed by atoms with van der Waals surface area (Å²) < 4.78 is 5.90. The number of fused-ring (bicyclic) bond motifs is 3. The zero-order valence-electron chi connectivity index (χ0n) is 24.9. The van der Waals surface area contributed by atoms with Crippen LogP contribution in [0.2, 0.25) is 0 Å². The number of amides is 2. The van der Waals surface area contributed by atoms with Crippen LogP contribution in [-0.4, -0.2) is 45.7 Å². The highest BCUT2D eigenvalue weighted by Gasteiger charge is 2.56. The zero-order chi connectivity index (χ0) is 32.3. The van der Waals surface area contributed by atoms with E-state index in [1.165, 1.54) is 24.3 Å². The monoisotopic (exact) mass is 615 g/mol. The zero-order valence-corrected chi connectivity index (χ0v) is 24.9. The lowest BCUT2D eigenvalue weighted by Gasteiger charge is -2.42. The van der Waals surface area contributed by atoms with Crippen molar-refractivity contribution in [2.75, 3.05) is 4.90 Å². The summed E-state index contributed by atoms with van der Waals surface area (Å²) in [6.45, 7) is 1.87. The van der Waals surface area contributed by atoms with Crippen molar-refractivity contribution in [1.82, 2.24) is 0 Å². The molecule has 46 heavy (non-hydrogen) atoms. The Kier molecular flexibility index (Phi) is 7.34. The molecule has 1 fully saturated rings. The van der Waals surface area contributed by atoms with Gasteiger partial charge >= 0.3 is 7.12 Å². The number of imide groups is 1. The molecule has 9 nitrogen and oxygen atoms in total. The maximum atomic E-state index is 14.1. The Morgan fingerprint density at radius 2 is 1.70 bits per heavy atom. The second-order valence-corrected chi connectivity index (χ2v) is 12.2. The molecule has 1 heterocycles. The normalized spacial score (nSPS) is 23.8. The van der Waals surface area contributed by atoms with Gasteiger partial charge in [0.15, 0.2) is 11.6 Å². The van der Waals surface area contributed by atoms with Gasteiger partial charge in [0.05, 0.1) is 17.5 Å². The first-order valence-electron chi connectivity index (χ1n) is 15.2. The number of allylic oxidation sites excluding steroid dienone is 6. The van der Waals surface area contributed by atoms with Crippen LogP contribution < -0.4 is 15.1 Å². The number of carbonyl (C=O) groups excluding carboxylic acids is 4. The van der Waals surface area contributed by atoms with E-state index in [2.05, 4.69) is 0 Å². The van der Waals surface area contributed by atoms with Crippen LogP contribution in [0.4, 0.5) is 5.69 Å². The lowest BCUT2D eigenvalue weighted by atomic mass is 9.59. The summed E-state index contributed by atoms with van der Waals surface area (Å²) in [5.41, 5.74) is 3.32. The average molecular weight is 615 g/mol. The fourth-order valence-corrected chi connectivity index (χ4v) is 7.41. The minimum absolute atomic E-state index is 0.107. The van der Waals surface area contributed by atoms with E-state index < -0.39 is 42.6 Å². The van der Waals surface area contributed by atoms with Crippen molar-refractivity contribution in [2.45, 2.75) is 32.3 Å². The van der Waals surface area contributed by atoms with Gasteiger partial charge in [-0.1, -0.05) is 60.2 Å². The molecular weight excluding hydrogens is 585 g/mol. The summed E-state index contributed by atoms with van der Waals surface area (Å²) in [7, 11) is -1.78. The molecule has 1 aliphatic heterocycles. The van der Waals surface area contributed by atoms with Gasteiger partial charge in [-0.2, -0.15) is 0 Å². The molecule has 4 aliphatic rings. The highest BCUT2D eigenvalue weighted by molar-refractivity contribution is 6.58. The van der Waals surface area contributed by atoms with Crippen molar-refractivity contribution in [3.05, 3.63) is 118 Å². The third-order valence-corrected chi connectivity index (χ3v) is 9.55. The number of ketones is 2. The van der Waals surface area contributed by atoms with Crippen LogP contribution in [0, 0.1) is 17.8 Å². The number of Topliss-reactive ketones (excluding diaryl/α,β-unsaturated/α-hetero) is 1. The van der Waals surface area contributed by atoms with Crippen molar-refractivity contribution >= 4 is 41.6 Å². The maximum absolute atomic E-state index is 14.1. The predicted molar refractivity (Wildman–Crippen MR) is 169 cm³/mol. The molecule has 4 unspecified atom stereocenters. The molecular formula is C36H30BNO8. The molecule has 0 spiro atoms. The van der Waals surface area contributed by atoms with Gasteiger partial charge in [-0.25, -0.2) is 0 Å². The van der Waals surface area contributed by atoms with Crippen LogP contribution in [0.5, 0.6) is 11.5 Å². The Balaban J connectivity index is 1.28. The van der Waals surface area contributed by atoms with E-state index in [0.717, 1.165) is 10.5 Å². The standard InChI is InChI=1S/C36H30BNO8/c1-19-14-30(40)33-28(34(19)41)17-27-24(31(33)25-11-10-23(16-29(25)39)46-18-20-6-3-2-4-7-20)12-13-26-32(27)36(43)38(35(26)42)22-9-5-8-21(15-22)37(44)45/h2-12,14-16,26-27,31-32,39,44-45H,13,17-18H2,1H3. The van der Waals surface area contributed by atoms with Crippen LogP contribution in [0.3, 0.4) is 0 Å². The van der Waals surface area contributed by atoms with Crippen LogP contribution in [0.25, 0.3) is 0 Å². The SMILES string of the molecule is CC1=CC(=O)C2=C(CC3C(=CCC4C(=O)N(c5cccc(B(O)O)c5)C(=O)C43)C2c2ccc(OCc3ccccc3)cc2O)C1=O. The van der Waals surface area contributed by atoms with Crippen LogP contribution >= 0.6 is 0 Å². The average Bonchev–Trinajstić information content (AvgIpc) is 3.31. The highest BCUT2D eigenvalue weighted by Crippen LogP contribution is 2.56. The number of hydrogen-bond acceptors (Lipinski definition) is 8. The van der Waals surface area contributed by atoms with Crippen molar-refractivity contribution in [1.29, 1.82) is 0 Å². The first kappa shape index (κ1) is 29.6. The molecule has 3 aromatic rings. The van der Waals surface area contributed by atoms with Crippen molar-refractivity contribution in [2.24, 2.45) is 17.8 Å². The van der Waals surface area contributed by atoms with Crippen LogP contribution in [0.15, 0.2) is 107 Å². The molecule has 4 atom stereocenters. The minimum Gasteiger partial charge on any atom is -0.507 e. The van der Waals surface area contributed by atoms with Gasteiger partial charge < -0.3 is 19.9 Å². The van der Waals surface area contributed by atoms with E-state index in [4.69, 9.17) is 4.74 Å². The number of aromatic hydroxyl groups is 1. The number of ether oxygens (including phenoxy) is 1. The summed E-state index contributed by atoms with van der Waals surface area (Å²) in [5.74, 6) is -4.05. The fraction of sp³-hybridized carbons (Fsp3) is 0.222. The molecule has 230 valence electrons. The molecule has 0 saturated carbocycles. The van der Waals surface area contributed by atoms with E-state index in [1.54, 1.807) is 31.2 Å². The largest absolute Gasteiger partial charge is 0.507 e. The van der Waals surface area contributed by atoms with Crippen LogP contribution in [0.1, 0.15) is 36.8 Å². The summed E-state index contributed by atoms with van der Waals surface area (Å²) in [6, 6.07) is 20.4. The van der Waals surface area contributed by atoms with E-state index >= 15 is 0 Å². The molecule has 2 amide bonds. The third kappa shape index (κ3) is 4.81. The van der Waals surface area contributed by atoms with Gasteiger partial charge in [0.2, 0.25) is 11.8 Å². The Hall–Kier alpha value is -5.06. The van der Waals surface area contributed by atoms with Crippen molar-refractivity contribution in [3.8, 4) is 11.5 Å². The molecule has 7 rings (SSSR count). The van der Waals surface area contributed by atoms with Gasteiger partial charge in [-0.3, -0.25) is 24.1 Å². The molecule has 1 saturated heterocycles. The van der Waals surface area contributed by atoms with Crippen molar-refractivity contribution < 1.29 is 39.1 Å². The quantitative estimate of drug-likeness (QED) is 0.166. The Morgan fingerprint density at radius 1 is 0.913 bits per heavy atom. The summed E-state index contributed by atoms with van der Waals surface area (Å²) in [5, 5.41) is 30.7. The number of benzene rings is 3. The lowest BCUT2D eigenvalue weighted by molar-refractivity contribution is -0.123. The Bertz CT molecular complexity index is 1910. The molecule has 0 bridgehead atoms. The molecule has 10 heteroatoms. The highest BCUT2D eigenvalue weighted by atomic mass is 16.5. The maximum Gasteiger partial charge on any atom is 0.488 e. The number of phenols is 1. The van der Waals surface area contributed by atoms with Gasteiger partial charge in [0.25, 0.3) is 0 Å². The number of rotatable bonds is 6. The second-order valence-electron chi connectivity index (χ2n) is 12.2. The van der Waals surface area contributed by atoms with Gasteiger partial charge in [-0.05, 0) is 61.0 Å². The van der Waals surface area contributed by atoms with Crippen LogP contribution in [-0.2, 0) is 25.8 Å². The molecule has 3 aliphatic carbocycles. The van der Waals surface area contributed by atoms with Gasteiger partial charge in [0, 0.05) is 34.3 Å². The second kappa shape index (κ2) is 11.4. The summed E-state index contributed by atoms with van der Waals surface area (Å²) in [4.78, 5) is 56.0. The number of phenolic OH excluding ortho intramolecular Hbond substituents is 1. The van der Waals surface area contributed by atoms with E-state index in [0.29, 0.717) is 34.6 Å².